The van der Waals surface area contributed by atoms with Gasteiger partial charge in [-0.2, -0.15) is 0 Å². The molecule has 0 aromatic heterocycles. The second-order valence-electron chi connectivity index (χ2n) is 9.06. The summed E-state index contributed by atoms with van der Waals surface area (Å²) in [7, 11) is 0. The lowest BCUT2D eigenvalue weighted by atomic mass is 9.95. The zero-order valence-electron chi connectivity index (χ0n) is 20.2. The van der Waals surface area contributed by atoms with E-state index in [0.29, 0.717) is 29.5 Å². The number of para-hydroxylation sites is 1. The summed E-state index contributed by atoms with van der Waals surface area (Å²) in [5.74, 6) is -0.481. The van der Waals surface area contributed by atoms with Gasteiger partial charge in [-0.25, -0.2) is 4.79 Å². The minimum Gasteiger partial charge on any atom is -0.341 e. The normalized spacial score (nSPS) is 17.1. The second-order valence-corrected chi connectivity index (χ2v) is 9.50. The molecule has 1 fully saturated rings. The van der Waals surface area contributed by atoms with Gasteiger partial charge in [0.2, 0.25) is 5.91 Å². The molecule has 37 heavy (non-hydrogen) atoms. The van der Waals surface area contributed by atoms with Crippen LogP contribution in [0.2, 0.25) is 5.02 Å². The van der Waals surface area contributed by atoms with Gasteiger partial charge in [-0.3, -0.25) is 9.59 Å². The Balaban J connectivity index is 1.50. The Hall–Kier alpha value is -4.10. The van der Waals surface area contributed by atoms with Crippen LogP contribution >= 0.6 is 11.6 Å². The predicted octanol–water partition coefficient (Wildman–Crippen LogP) is 4.93. The Labute approximate surface area is 220 Å². The Morgan fingerprint density at radius 2 is 1.57 bits per heavy atom. The molecule has 3 aromatic rings. The van der Waals surface area contributed by atoms with Crippen LogP contribution in [0, 0.1) is 0 Å². The van der Waals surface area contributed by atoms with Gasteiger partial charge in [0.25, 0.3) is 5.91 Å². The van der Waals surface area contributed by atoms with Crippen LogP contribution in [0.15, 0.2) is 84.9 Å². The molecule has 5 rings (SSSR count). The van der Waals surface area contributed by atoms with Crippen LogP contribution < -0.4 is 15.5 Å². The van der Waals surface area contributed by atoms with Gasteiger partial charge in [0.05, 0.1) is 5.69 Å². The van der Waals surface area contributed by atoms with Crippen molar-refractivity contribution in [2.75, 3.05) is 29.9 Å². The molecule has 8 heteroatoms. The monoisotopic (exact) mass is 514 g/mol. The summed E-state index contributed by atoms with van der Waals surface area (Å²) in [5, 5.41) is 6.11. The van der Waals surface area contributed by atoms with Crippen LogP contribution in [0.5, 0.6) is 0 Å². The number of anilines is 2. The molecule has 2 N–H and O–H groups in total. The third-order valence-corrected chi connectivity index (χ3v) is 6.83. The van der Waals surface area contributed by atoms with E-state index < -0.39 is 12.1 Å². The lowest BCUT2D eigenvalue weighted by Crippen LogP contribution is -2.51. The highest BCUT2D eigenvalue weighted by molar-refractivity contribution is 6.30. The van der Waals surface area contributed by atoms with Crippen LogP contribution in [0.4, 0.5) is 16.2 Å². The van der Waals surface area contributed by atoms with E-state index in [4.69, 9.17) is 11.6 Å². The molecule has 3 aromatic carbocycles. The highest BCUT2D eigenvalue weighted by atomic mass is 35.5. The summed E-state index contributed by atoms with van der Waals surface area (Å²) in [6.45, 7) is 1.30. The van der Waals surface area contributed by atoms with Crippen LogP contribution in [-0.4, -0.2) is 48.4 Å². The number of amides is 4. The summed E-state index contributed by atoms with van der Waals surface area (Å²) in [6.07, 6.45) is 3.69. The van der Waals surface area contributed by atoms with E-state index in [2.05, 4.69) is 10.6 Å². The van der Waals surface area contributed by atoms with Crippen molar-refractivity contribution >= 4 is 46.4 Å². The van der Waals surface area contributed by atoms with Gasteiger partial charge in [0.1, 0.15) is 12.6 Å². The molecule has 7 nitrogen and oxygen atoms in total. The minimum absolute atomic E-state index is 0.0945. The highest BCUT2D eigenvalue weighted by Crippen LogP contribution is 2.35. The smallest absolute Gasteiger partial charge is 0.320 e. The molecular weight excluding hydrogens is 488 g/mol. The van der Waals surface area contributed by atoms with Crippen molar-refractivity contribution in [1.29, 1.82) is 0 Å². The van der Waals surface area contributed by atoms with Crippen molar-refractivity contribution in [2.24, 2.45) is 0 Å². The average Bonchev–Trinajstić information content (AvgIpc) is 3.43. The van der Waals surface area contributed by atoms with E-state index >= 15 is 0 Å². The molecule has 2 aliphatic heterocycles. The van der Waals surface area contributed by atoms with Crippen molar-refractivity contribution in [3.63, 3.8) is 0 Å². The number of hydrogen-bond acceptors (Lipinski definition) is 3. The zero-order valence-corrected chi connectivity index (χ0v) is 20.9. The lowest BCUT2D eigenvalue weighted by molar-refractivity contribution is -0.130. The molecule has 1 atom stereocenters. The number of halogens is 1. The first-order valence-electron chi connectivity index (χ1n) is 12.3. The largest absolute Gasteiger partial charge is 0.341 e. The van der Waals surface area contributed by atoms with E-state index in [1.165, 1.54) is 4.90 Å². The molecule has 188 valence electrons. The minimum atomic E-state index is -0.999. The summed E-state index contributed by atoms with van der Waals surface area (Å²) < 4.78 is 0. The zero-order chi connectivity index (χ0) is 25.8. The summed E-state index contributed by atoms with van der Waals surface area (Å²) in [5.41, 5.74) is 3.70. The molecule has 2 heterocycles. The van der Waals surface area contributed by atoms with Crippen LogP contribution in [0.1, 0.15) is 24.0 Å². The Morgan fingerprint density at radius 1 is 0.892 bits per heavy atom. The van der Waals surface area contributed by atoms with E-state index in [1.807, 2.05) is 54.6 Å². The number of hydrogen-bond donors (Lipinski definition) is 2. The number of likely N-dealkylation sites (tertiary alicyclic amines) is 1. The quantitative estimate of drug-likeness (QED) is 0.506. The molecule has 0 aliphatic carbocycles. The van der Waals surface area contributed by atoms with Gasteiger partial charge < -0.3 is 20.4 Å². The number of benzene rings is 3. The predicted molar refractivity (Wildman–Crippen MR) is 146 cm³/mol. The Kier molecular flexibility index (Phi) is 7.23. The number of nitrogens with one attached hydrogen (secondary N) is 2. The Bertz CT molecular complexity index is 1330. The highest BCUT2D eigenvalue weighted by Gasteiger charge is 2.34. The lowest BCUT2D eigenvalue weighted by Gasteiger charge is -2.27. The van der Waals surface area contributed by atoms with Crippen molar-refractivity contribution in [3.05, 3.63) is 101 Å². The first-order chi connectivity index (χ1) is 18.0. The molecule has 1 saturated heterocycles. The van der Waals surface area contributed by atoms with Crippen LogP contribution in [0.25, 0.3) is 5.57 Å². The van der Waals surface area contributed by atoms with E-state index in [1.54, 1.807) is 35.2 Å². The summed E-state index contributed by atoms with van der Waals surface area (Å²) in [4.78, 5) is 43.3. The Morgan fingerprint density at radius 3 is 2.30 bits per heavy atom. The van der Waals surface area contributed by atoms with E-state index in [9.17, 15) is 14.4 Å². The second kappa shape index (κ2) is 10.9. The first kappa shape index (κ1) is 24.6. The summed E-state index contributed by atoms with van der Waals surface area (Å²) in [6, 6.07) is 22.4. The summed E-state index contributed by atoms with van der Waals surface area (Å²) >= 11 is 5.95. The van der Waals surface area contributed by atoms with Gasteiger partial charge in [-0.05, 0) is 60.4 Å². The number of carbonyl (C=O) groups excluding carboxylic acids is 3. The van der Waals surface area contributed by atoms with E-state index in [-0.39, 0.29) is 18.4 Å². The molecule has 0 radical (unpaired) electrons. The van der Waals surface area contributed by atoms with Crippen molar-refractivity contribution < 1.29 is 14.4 Å². The maximum Gasteiger partial charge on any atom is 0.320 e. The van der Waals surface area contributed by atoms with Crippen LogP contribution in [-0.2, 0) is 9.59 Å². The third-order valence-electron chi connectivity index (χ3n) is 6.58. The third kappa shape index (κ3) is 5.52. The molecule has 2 aliphatic rings. The standard InChI is InChI=1S/C29H27ClN4O3/c30-21-12-14-22(15-13-21)31-29(37)32-25-18-24(20-8-2-1-3-9-20)23-10-4-5-11-26(23)34(28(25)36)19-27(35)33-16-6-7-17-33/h1-5,8-15,18,25H,6-7,16-17,19H2,(H2,31,32,37). The van der Waals surface area contributed by atoms with Gasteiger partial charge in [0, 0.05) is 29.4 Å². The van der Waals surface area contributed by atoms with Crippen molar-refractivity contribution in [1.82, 2.24) is 10.2 Å². The fourth-order valence-corrected chi connectivity index (χ4v) is 4.86. The van der Waals surface area contributed by atoms with Gasteiger partial charge >= 0.3 is 6.03 Å². The molecule has 0 bridgehead atoms. The number of rotatable bonds is 5. The van der Waals surface area contributed by atoms with Crippen molar-refractivity contribution in [2.45, 2.75) is 18.9 Å². The maximum atomic E-state index is 13.9. The molecule has 1 unspecified atom stereocenters. The maximum absolute atomic E-state index is 13.9. The molecular formula is C29H27ClN4O3. The van der Waals surface area contributed by atoms with Crippen LogP contribution in [0.3, 0.4) is 0 Å². The average molecular weight is 515 g/mol. The topological polar surface area (TPSA) is 81.8 Å². The fourth-order valence-electron chi connectivity index (χ4n) is 4.73. The SMILES string of the molecule is O=C(Nc1ccc(Cl)cc1)NC1C=C(c2ccccc2)c2ccccc2N(CC(=O)N2CCCC2)C1=O. The van der Waals surface area contributed by atoms with Gasteiger partial charge in [-0.1, -0.05) is 60.1 Å². The van der Waals surface area contributed by atoms with Gasteiger partial charge in [0.15, 0.2) is 0 Å². The molecule has 4 amide bonds. The van der Waals surface area contributed by atoms with Gasteiger partial charge in [-0.15, -0.1) is 0 Å². The van der Waals surface area contributed by atoms with Crippen molar-refractivity contribution in [3.8, 4) is 0 Å². The van der Waals surface area contributed by atoms with E-state index in [0.717, 1.165) is 29.5 Å². The number of urea groups is 1. The first-order valence-corrected chi connectivity index (χ1v) is 12.7. The number of fused-ring (bicyclic) bond motifs is 1. The number of carbonyl (C=O) groups is 3. The number of nitrogens with zero attached hydrogens (tertiary/aromatic N) is 2. The molecule has 0 spiro atoms. The molecule has 0 saturated carbocycles. The fraction of sp³-hybridized carbons (Fsp3) is 0.207.